The van der Waals surface area contributed by atoms with E-state index >= 15 is 0 Å². The Kier molecular flexibility index (Phi) is 8.69. The molecule has 3 N–H and O–H groups in total. The Morgan fingerprint density at radius 3 is 2.67 bits per heavy atom. The second kappa shape index (κ2) is 10.5. The number of methoxy groups -OCH3 is 1. The van der Waals surface area contributed by atoms with Gasteiger partial charge in [-0.2, -0.15) is 0 Å². The van der Waals surface area contributed by atoms with Crippen LogP contribution in [0.2, 0.25) is 5.02 Å². The molecule has 0 unspecified atom stereocenters. The Bertz CT molecular complexity index is 597. The lowest BCUT2D eigenvalue weighted by Gasteiger charge is -2.09. The maximum Gasteiger partial charge on any atom is 0.283 e. The minimum atomic E-state index is -0.777. The van der Waals surface area contributed by atoms with Gasteiger partial charge in [-0.15, -0.1) is 0 Å². The fourth-order valence-corrected chi connectivity index (χ4v) is 2.05. The molecule has 9 nitrogen and oxygen atoms in total. The van der Waals surface area contributed by atoms with Gasteiger partial charge in [0, 0.05) is 32.8 Å². The molecule has 0 saturated heterocycles. The van der Waals surface area contributed by atoms with E-state index in [1.807, 2.05) is 0 Å². The summed E-state index contributed by atoms with van der Waals surface area (Å²) < 4.78 is 4.86. The maximum atomic E-state index is 12.0. The number of halogens is 1. The molecule has 0 aliphatic rings. The smallest absolute Gasteiger partial charge is 0.283 e. The molecule has 2 amide bonds. The number of rotatable bonds is 10. The number of benzene rings is 1. The Morgan fingerprint density at radius 1 is 1.25 bits per heavy atom. The lowest BCUT2D eigenvalue weighted by atomic mass is 10.1. The van der Waals surface area contributed by atoms with Gasteiger partial charge in [0.05, 0.1) is 23.1 Å². The fourth-order valence-electron chi connectivity index (χ4n) is 1.79. The number of nitro benzene ring substituents is 1. The molecule has 0 atom stereocenters. The van der Waals surface area contributed by atoms with Crippen molar-refractivity contribution >= 4 is 29.1 Å². The minimum Gasteiger partial charge on any atom is -0.383 e. The van der Waals surface area contributed by atoms with Crippen molar-refractivity contribution in [2.75, 3.05) is 39.9 Å². The van der Waals surface area contributed by atoms with Crippen molar-refractivity contribution in [3.8, 4) is 0 Å². The minimum absolute atomic E-state index is 0.0514. The largest absolute Gasteiger partial charge is 0.383 e. The highest BCUT2D eigenvalue weighted by Crippen LogP contribution is 2.25. The van der Waals surface area contributed by atoms with Gasteiger partial charge in [0.2, 0.25) is 5.91 Å². The first-order chi connectivity index (χ1) is 11.5. The molecule has 0 aromatic heterocycles. The molecular formula is C14H19ClN4O5. The highest BCUT2D eigenvalue weighted by Gasteiger charge is 2.23. The third-order valence-electron chi connectivity index (χ3n) is 2.93. The Labute approximate surface area is 143 Å². The molecule has 0 aliphatic carbocycles. The van der Waals surface area contributed by atoms with Crippen LogP contribution < -0.4 is 16.0 Å². The van der Waals surface area contributed by atoms with Crippen LogP contribution in [0.15, 0.2) is 18.2 Å². The standard InChI is InChI=1S/C14H19ClN4O5/c1-24-8-7-16-5-6-17-12(20)9-18-14(21)13-10(15)3-2-4-11(13)19(22)23/h2-4,16H,5-9H2,1H3,(H,17,20)(H,18,21). The fraction of sp³-hybridized carbons (Fsp3) is 0.429. The number of ether oxygens (including phenoxy) is 1. The van der Waals surface area contributed by atoms with Crippen molar-refractivity contribution in [2.24, 2.45) is 0 Å². The van der Waals surface area contributed by atoms with Gasteiger partial charge in [0.1, 0.15) is 5.56 Å². The predicted molar refractivity (Wildman–Crippen MR) is 88.2 cm³/mol. The van der Waals surface area contributed by atoms with Crippen LogP contribution in [0.5, 0.6) is 0 Å². The van der Waals surface area contributed by atoms with Gasteiger partial charge in [0.25, 0.3) is 11.6 Å². The normalized spacial score (nSPS) is 10.2. The maximum absolute atomic E-state index is 12.0. The first-order valence-corrected chi connectivity index (χ1v) is 7.52. The molecule has 0 spiro atoms. The average Bonchev–Trinajstić information content (AvgIpc) is 2.55. The molecule has 1 aromatic carbocycles. The summed E-state index contributed by atoms with van der Waals surface area (Å²) in [7, 11) is 1.59. The summed E-state index contributed by atoms with van der Waals surface area (Å²) in [4.78, 5) is 33.9. The van der Waals surface area contributed by atoms with Crippen molar-refractivity contribution < 1.29 is 19.2 Å². The number of hydrogen-bond donors (Lipinski definition) is 3. The van der Waals surface area contributed by atoms with Gasteiger partial charge < -0.3 is 20.7 Å². The molecule has 0 bridgehead atoms. The summed E-state index contributed by atoms with van der Waals surface area (Å²) in [5.41, 5.74) is -0.680. The van der Waals surface area contributed by atoms with E-state index in [9.17, 15) is 19.7 Å². The first kappa shape index (κ1) is 19.8. The molecule has 0 fully saturated rings. The second-order valence-corrected chi connectivity index (χ2v) is 5.07. The quantitative estimate of drug-likeness (QED) is 0.315. The third-order valence-corrected chi connectivity index (χ3v) is 3.25. The van der Waals surface area contributed by atoms with E-state index < -0.39 is 22.4 Å². The van der Waals surface area contributed by atoms with Gasteiger partial charge in [-0.25, -0.2) is 0 Å². The van der Waals surface area contributed by atoms with Crippen LogP contribution in [0.25, 0.3) is 0 Å². The molecule has 0 heterocycles. The zero-order valence-corrected chi connectivity index (χ0v) is 13.9. The summed E-state index contributed by atoms with van der Waals surface area (Å²) in [5.74, 6) is -1.19. The third kappa shape index (κ3) is 6.49. The number of nitro groups is 1. The van der Waals surface area contributed by atoms with Crippen molar-refractivity contribution in [1.29, 1.82) is 0 Å². The van der Waals surface area contributed by atoms with Crippen molar-refractivity contribution in [1.82, 2.24) is 16.0 Å². The zero-order chi connectivity index (χ0) is 17.9. The predicted octanol–water partition coefficient (Wildman–Crippen LogP) is 0.330. The van der Waals surface area contributed by atoms with E-state index in [0.717, 1.165) is 0 Å². The summed E-state index contributed by atoms with van der Waals surface area (Å²) in [6.07, 6.45) is 0. The van der Waals surface area contributed by atoms with Crippen LogP contribution in [-0.4, -0.2) is 56.6 Å². The van der Waals surface area contributed by atoms with Crippen molar-refractivity contribution in [2.45, 2.75) is 0 Å². The van der Waals surface area contributed by atoms with Crippen LogP contribution in [0, 0.1) is 10.1 Å². The van der Waals surface area contributed by atoms with Gasteiger partial charge in [-0.05, 0) is 6.07 Å². The Hall–Kier alpha value is -2.23. The number of carbonyl (C=O) groups excluding carboxylic acids is 2. The van der Waals surface area contributed by atoms with Crippen LogP contribution in [-0.2, 0) is 9.53 Å². The summed E-state index contributed by atoms with van der Waals surface area (Å²) in [6.45, 7) is 1.86. The number of amides is 2. The van der Waals surface area contributed by atoms with E-state index in [2.05, 4.69) is 16.0 Å². The lowest BCUT2D eigenvalue weighted by Crippen LogP contribution is -2.40. The molecule has 0 saturated carbocycles. The molecule has 132 valence electrons. The molecule has 1 aromatic rings. The van der Waals surface area contributed by atoms with Gasteiger partial charge in [-0.3, -0.25) is 19.7 Å². The Balaban J connectivity index is 2.44. The molecule has 0 radical (unpaired) electrons. The summed E-state index contributed by atoms with van der Waals surface area (Å²) in [6, 6.07) is 3.92. The number of nitrogens with zero attached hydrogens (tertiary/aromatic N) is 1. The van der Waals surface area contributed by atoms with Crippen LogP contribution in [0.1, 0.15) is 10.4 Å². The van der Waals surface area contributed by atoms with E-state index in [0.29, 0.717) is 26.2 Å². The Morgan fingerprint density at radius 2 is 2.00 bits per heavy atom. The van der Waals surface area contributed by atoms with E-state index in [-0.39, 0.29) is 17.1 Å². The average molecular weight is 359 g/mol. The number of carbonyl (C=O) groups is 2. The zero-order valence-electron chi connectivity index (χ0n) is 13.1. The van der Waals surface area contributed by atoms with Gasteiger partial charge in [-0.1, -0.05) is 17.7 Å². The first-order valence-electron chi connectivity index (χ1n) is 7.14. The van der Waals surface area contributed by atoms with Crippen molar-refractivity contribution in [3.63, 3.8) is 0 Å². The summed E-state index contributed by atoms with van der Waals surface area (Å²) in [5, 5.41) is 18.8. The van der Waals surface area contributed by atoms with E-state index in [4.69, 9.17) is 16.3 Å². The van der Waals surface area contributed by atoms with E-state index in [1.54, 1.807) is 7.11 Å². The molecule has 0 aliphatic heterocycles. The highest BCUT2D eigenvalue weighted by atomic mass is 35.5. The van der Waals surface area contributed by atoms with Gasteiger partial charge in [0.15, 0.2) is 0 Å². The molecular weight excluding hydrogens is 340 g/mol. The molecule has 10 heteroatoms. The molecule has 24 heavy (non-hydrogen) atoms. The SMILES string of the molecule is COCCNCCNC(=O)CNC(=O)c1c(Cl)cccc1[N+](=O)[O-]. The number of nitrogens with one attached hydrogen (secondary N) is 3. The second-order valence-electron chi connectivity index (χ2n) is 4.67. The van der Waals surface area contributed by atoms with Crippen LogP contribution in [0.4, 0.5) is 5.69 Å². The molecule has 1 rings (SSSR count). The monoisotopic (exact) mass is 358 g/mol. The summed E-state index contributed by atoms with van der Waals surface area (Å²) >= 11 is 5.84. The van der Waals surface area contributed by atoms with Crippen LogP contribution in [0.3, 0.4) is 0 Å². The lowest BCUT2D eigenvalue weighted by molar-refractivity contribution is -0.385. The van der Waals surface area contributed by atoms with Crippen molar-refractivity contribution in [3.05, 3.63) is 38.9 Å². The van der Waals surface area contributed by atoms with E-state index in [1.165, 1.54) is 18.2 Å². The number of hydrogen-bond acceptors (Lipinski definition) is 6. The van der Waals surface area contributed by atoms with Crippen LogP contribution >= 0.6 is 11.6 Å². The topological polar surface area (TPSA) is 123 Å². The highest BCUT2D eigenvalue weighted by molar-refractivity contribution is 6.34. The van der Waals surface area contributed by atoms with Gasteiger partial charge >= 0.3 is 0 Å².